The van der Waals surface area contributed by atoms with Gasteiger partial charge in [0.25, 0.3) is 0 Å². The van der Waals surface area contributed by atoms with E-state index in [2.05, 4.69) is 0 Å². The molecule has 3 fully saturated rings. The van der Waals surface area contributed by atoms with E-state index in [4.69, 9.17) is 0 Å². The van der Waals surface area contributed by atoms with Gasteiger partial charge in [-0.3, -0.25) is 14.4 Å². The molecule has 0 bridgehead atoms. The second-order valence-corrected chi connectivity index (χ2v) is 6.02. The summed E-state index contributed by atoms with van der Waals surface area (Å²) in [6.07, 6.45) is 3.59. The summed E-state index contributed by atoms with van der Waals surface area (Å²) < 4.78 is 0. The van der Waals surface area contributed by atoms with Crippen LogP contribution in [-0.2, 0) is 14.4 Å². The molecule has 0 aromatic carbocycles. The molecule has 22 heavy (non-hydrogen) atoms. The minimum atomic E-state index is -0.616. The third kappa shape index (κ3) is 2.96. The van der Waals surface area contributed by atoms with Crippen LogP contribution in [0.15, 0.2) is 0 Å². The third-order valence-electron chi connectivity index (χ3n) is 4.68. The molecule has 124 valence electrons. The maximum Gasteiger partial charge on any atom is 0.249 e. The molecular weight excluding hydrogens is 282 g/mol. The lowest BCUT2D eigenvalue weighted by molar-refractivity contribution is -0.155. The minimum Gasteiger partial charge on any atom is -0.341 e. The Kier molecular flexibility index (Phi) is 5.08. The molecule has 6 nitrogen and oxygen atoms in total. The van der Waals surface area contributed by atoms with Crippen LogP contribution in [0.1, 0.15) is 46.5 Å². The first-order chi connectivity index (χ1) is 10.5. The van der Waals surface area contributed by atoms with Gasteiger partial charge in [0.05, 0.1) is 6.54 Å². The van der Waals surface area contributed by atoms with Crippen molar-refractivity contribution in [1.82, 2.24) is 14.7 Å². The Labute approximate surface area is 132 Å². The Balaban J connectivity index is 0.000000847. The lowest BCUT2D eigenvalue weighted by Gasteiger charge is -2.40. The molecular formula is C16H27N3O3. The van der Waals surface area contributed by atoms with Gasteiger partial charge in [-0.2, -0.15) is 0 Å². The van der Waals surface area contributed by atoms with Crippen molar-refractivity contribution < 1.29 is 14.4 Å². The molecule has 0 aromatic heterocycles. The normalized spacial score (nSPS) is 22.5. The highest BCUT2D eigenvalue weighted by Gasteiger charge is 2.59. The number of nitrogens with zero attached hydrogens (tertiary/aromatic N) is 3. The van der Waals surface area contributed by atoms with Crippen LogP contribution in [-0.4, -0.2) is 70.7 Å². The topological polar surface area (TPSA) is 60.9 Å². The summed E-state index contributed by atoms with van der Waals surface area (Å²) >= 11 is 0. The lowest BCUT2D eigenvalue weighted by Crippen LogP contribution is -2.61. The van der Waals surface area contributed by atoms with Crippen LogP contribution in [0, 0.1) is 0 Å². The average molecular weight is 309 g/mol. The quantitative estimate of drug-likeness (QED) is 0.760. The van der Waals surface area contributed by atoms with Crippen molar-refractivity contribution in [2.45, 2.75) is 52.0 Å². The van der Waals surface area contributed by atoms with E-state index in [9.17, 15) is 14.4 Å². The van der Waals surface area contributed by atoms with Crippen molar-refractivity contribution in [2.75, 3.05) is 32.7 Å². The standard InChI is InChI=1S/C14H21N3O3.C2H6/c1-11(18)17-9-8-16(13(20)14(17)4-5-14)10-12(19)15-6-2-3-7-15;1-2/h2-10H2,1H3;1-2H3. The van der Waals surface area contributed by atoms with E-state index in [1.165, 1.54) is 6.92 Å². The minimum absolute atomic E-state index is 0.0357. The van der Waals surface area contributed by atoms with Crippen molar-refractivity contribution >= 4 is 17.7 Å². The van der Waals surface area contributed by atoms with Crippen molar-refractivity contribution in [2.24, 2.45) is 0 Å². The number of amides is 3. The van der Waals surface area contributed by atoms with Gasteiger partial charge in [0.1, 0.15) is 5.54 Å². The lowest BCUT2D eigenvalue weighted by atomic mass is 10.1. The molecule has 0 unspecified atom stereocenters. The smallest absolute Gasteiger partial charge is 0.249 e. The van der Waals surface area contributed by atoms with Crippen molar-refractivity contribution in [3.63, 3.8) is 0 Å². The number of likely N-dealkylation sites (tertiary alicyclic amines) is 1. The fourth-order valence-corrected chi connectivity index (χ4v) is 3.39. The van der Waals surface area contributed by atoms with Crippen molar-refractivity contribution in [3.05, 3.63) is 0 Å². The molecule has 3 amide bonds. The van der Waals surface area contributed by atoms with E-state index in [1.807, 2.05) is 18.7 Å². The zero-order valence-electron chi connectivity index (χ0n) is 13.9. The molecule has 1 aliphatic carbocycles. The highest BCUT2D eigenvalue weighted by Crippen LogP contribution is 2.45. The summed E-state index contributed by atoms with van der Waals surface area (Å²) in [6, 6.07) is 0. The first-order valence-corrected chi connectivity index (χ1v) is 8.40. The molecule has 0 N–H and O–H groups in total. The molecule has 3 rings (SSSR count). The van der Waals surface area contributed by atoms with Gasteiger partial charge >= 0.3 is 0 Å². The Hall–Kier alpha value is -1.59. The number of hydrogen-bond acceptors (Lipinski definition) is 3. The van der Waals surface area contributed by atoms with Crippen LogP contribution in [0.25, 0.3) is 0 Å². The maximum absolute atomic E-state index is 12.5. The number of carbonyl (C=O) groups excluding carboxylic acids is 3. The highest BCUT2D eigenvalue weighted by molar-refractivity contribution is 5.96. The van der Waals surface area contributed by atoms with E-state index >= 15 is 0 Å². The largest absolute Gasteiger partial charge is 0.341 e. The van der Waals surface area contributed by atoms with E-state index in [0.717, 1.165) is 38.8 Å². The molecule has 1 saturated carbocycles. The highest BCUT2D eigenvalue weighted by atomic mass is 16.2. The van der Waals surface area contributed by atoms with Crippen LogP contribution in [0.3, 0.4) is 0 Å². The Bertz CT molecular complexity index is 454. The van der Waals surface area contributed by atoms with Crippen LogP contribution < -0.4 is 0 Å². The van der Waals surface area contributed by atoms with Gasteiger partial charge in [-0.25, -0.2) is 0 Å². The zero-order valence-corrected chi connectivity index (χ0v) is 13.9. The Morgan fingerprint density at radius 2 is 1.64 bits per heavy atom. The van der Waals surface area contributed by atoms with E-state index in [0.29, 0.717) is 13.1 Å². The summed E-state index contributed by atoms with van der Waals surface area (Å²) in [6.45, 7) is 8.33. The molecule has 1 spiro atoms. The van der Waals surface area contributed by atoms with Gasteiger partial charge in [-0.05, 0) is 25.7 Å². The summed E-state index contributed by atoms with van der Waals surface area (Å²) in [7, 11) is 0. The number of hydrogen-bond donors (Lipinski definition) is 0. The Morgan fingerprint density at radius 3 is 2.14 bits per heavy atom. The summed E-state index contributed by atoms with van der Waals surface area (Å²) in [5, 5.41) is 0. The molecule has 2 aliphatic heterocycles. The predicted molar refractivity (Wildman–Crippen MR) is 83.1 cm³/mol. The van der Waals surface area contributed by atoms with E-state index in [1.54, 1.807) is 9.80 Å². The second-order valence-electron chi connectivity index (χ2n) is 6.02. The van der Waals surface area contributed by atoms with Crippen molar-refractivity contribution in [3.8, 4) is 0 Å². The molecule has 3 aliphatic rings. The summed E-state index contributed by atoms with van der Waals surface area (Å²) in [5.74, 6) is -0.0317. The van der Waals surface area contributed by atoms with Crippen LogP contribution in [0.4, 0.5) is 0 Å². The number of rotatable bonds is 2. The number of carbonyl (C=O) groups is 3. The first kappa shape index (κ1) is 16.8. The monoisotopic (exact) mass is 309 g/mol. The van der Waals surface area contributed by atoms with Crippen molar-refractivity contribution in [1.29, 1.82) is 0 Å². The fourth-order valence-electron chi connectivity index (χ4n) is 3.39. The van der Waals surface area contributed by atoms with Gasteiger partial charge in [-0.15, -0.1) is 0 Å². The van der Waals surface area contributed by atoms with Crippen LogP contribution >= 0.6 is 0 Å². The maximum atomic E-state index is 12.5. The number of piperazine rings is 1. The molecule has 6 heteroatoms. The van der Waals surface area contributed by atoms with Crippen LogP contribution in [0.5, 0.6) is 0 Å². The van der Waals surface area contributed by atoms with Crippen LogP contribution in [0.2, 0.25) is 0 Å². The van der Waals surface area contributed by atoms with Gasteiger partial charge in [0.15, 0.2) is 0 Å². The Morgan fingerprint density at radius 1 is 1.05 bits per heavy atom. The second kappa shape index (κ2) is 6.67. The molecule has 2 heterocycles. The molecule has 0 atom stereocenters. The summed E-state index contributed by atoms with van der Waals surface area (Å²) in [4.78, 5) is 41.5. The molecule has 0 radical (unpaired) electrons. The van der Waals surface area contributed by atoms with E-state index in [-0.39, 0.29) is 24.3 Å². The first-order valence-electron chi connectivity index (χ1n) is 8.40. The zero-order chi connectivity index (χ0) is 16.3. The van der Waals surface area contributed by atoms with Gasteiger partial charge < -0.3 is 14.7 Å². The van der Waals surface area contributed by atoms with Gasteiger partial charge in [0, 0.05) is 33.1 Å². The fraction of sp³-hybridized carbons (Fsp3) is 0.812. The molecule has 2 saturated heterocycles. The third-order valence-corrected chi connectivity index (χ3v) is 4.68. The summed E-state index contributed by atoms with van der Waals surface area (Å²) in [5.41, 5.74) is -0.616. The van der Waals surface area contributed by atoms with Gasteiger partial charge in [0.2, 0.25) is 17.7 Å². The predicted octanol–water partition coefficient (Wildman–Crippen LogP) is 0.858. The average Bonchev–Trinajstić information content (AvgIpc) is 3.09. The molecule has 0 aromatic rings. The van der Waals surface area contributed by atoms with E-state index < -0.39 is 5.54 Å². The SMILES string of the molecule is CC.CC(=O)N1CCN(CC(=O)N2CCCC2)C(=O)C12CC2. The van der Waals surface area contributed by atoms with Gasteiger partial charge in [-0.1, -0.05) is 13.8 Å².